The lowest BCUT2D eigenvalue weighted by atomic mass is 9.80. The summed E-state index contributed by atoms with van der Waals surface area (Å²) in [6, 6.07) is -0.629. The van der Waals surface area contributed by atoms with Gasteiger partial charge in [-0.05, 0) is 34.5 Å². The maximum atomic E-state index is 13.8. The molecule has 1 saturated heterocycles. The Kier molecular flexibility index (Phi) is 1.67. The predicted molar refractivity (Wildman–Crippen MR) is 64.6 cm³/mol. The normalized spacial score (nSPS) is 26.9. The summed E-state index contributed by atoms with van der Waals surface area (Å²) >= 11 is 0. The smallest absolute Gasteiger partial charge is 0.399 e. The van der Waals surface area contributed by atoms with E-state index in [0.29, 0.717) is 0 Å². The number of pyridine rings is 1. The van der Waals surface area contributed by atoms with Gasteiger partial charge in [-0.2, -0.15) is 4.39 Å². The predicted octanol–water partition coefficient (Wildman–Crippen LogP) is 1.83. The van der Waals surface area contributed by atoms with Crippen LogP contribution in [0.3, 0.4) is 0 Å². The topological polar surface area (TPSA) is 31.4 Å². The van der Waals surface area contributed by atoms with E-state index in [-0.39, 0.29) is 5.46 Å². The van der Waals surface area contributed by atoms with Gasteiger partial charge < -0.3 is 9.31 Å². The first kappa shape index (κ1) is 7.49. The van der Waals surface area contributed by atoms with Gasteiger partial charge in [0, 0.05) is 21.3 Å². The van der Waals surface area contributed by atoms with Gasteiger partial charge in [-0.1, -0.05) is 6.04 Å². The van der Waals surface area contributed by atoms with Crippen LogP contribution in [0.5, 0.6) is 0 Å². The van der Waals surface area contributed by atoms with Gasteiger partial charge in [0.05, 0.1) is 13.9 Å². The molecule has 2 heterocycles. The number of aromatic nitrogens is 1. The molecule has 3 nitrogen and oxygen atoms in total. The van der Waals surface area contributed by atoms with Crippen LogP contribution in [0.15, 0.2) is 12.2 Å². The lowest BCUT2D eigenvalue weighted by Crippen LogP contribution is -2.41. The summed E-state index contributed by atoms with van der Waals surface area (Å²) < 4.78 is 63.0. The average Bonchev–Trinajstić information content (AvgIpc) is 2.43. The number of halogens is 1. The fraction of sp³-hybridized carbons (Fsp3) is 0.583. The second kappa shape index (κ2) is 3.78. The van der Waals surface area contributed by atoms with Gasteiger partial charge in [0.15, 0.2) is 0 Å². The fourth-order valence-corrected chi connectivity index (χ4v) is 1.45. The Bertz CT molecular complexity index is 605. The van der Waals surface area contributed by atoms with Gasteiger partial charge in [-0.3, -0.25) is 0 Å². The number of hydrogen-bond acceptors (Lipinski definition) is 3. The van der Waals surface area contributed by atoms with E-state index in [1.54, 1.807) is 27.7 Å². The van der Waals surface area contributed by atoms with Crippen molar-refractivity contribution in [3.8, 4) is 0 Å². The fourth-order valence-electron chi connectivity index (χ4n) is 1.45. The third kappa shape index (κ3) is 2.09. The molecular weight excluding hydrogens is 220 g/mol. The minimum atomic E-state index is -2.85. The van der Waals surface area contributed by atoms with Crippen LogP contribution < -0.4 is 5.46 Å². The molecule has 2 rings (SSSR count). The molecule has 0 spiro atoms. The Morgan fingerprint density at radius 2 is 1.94 bits per heavy atom. The van der Waals surface area contributed by atoms with Crippen LogP contribution in [0.4, 0.5) is 4.39 Å². The highest BCUT2D eigenvalue weighted by Gasteiger charge is 2.51. The first-order valence-corrected chi connectivity index (χ1v) is 5.30. The highest BCUT2D eigenvalue weighted by molar-refractivity contribution is 6.62. The van der Waals surface area contributed by atoms with Crippen LogP contribution in [0.1, 0.15) is 40.1 Å². The quantitative estimate of drug-likeness (QED) is 0.556. The Morgan fingerprint density at radius 1 is 1.35 bits per heavy atom. The first-order chi connectivity index (χ1) is 9.78. The molecule has 0 radical (unpaired) electrons. The van der Waals surface area contributed by atoms with Crippen molar-refractivity contribution in [1.29, 1.82) is 0 Å². The molecule has 0 amide bonds. The summed E-state index contributed by atoms with van der Waals surface area (Å²) in [7, 11) is -1.14. The van der Waals surface area contributed by atoms with Crippen molar-refractivity contribution in [2.75, 3.05) is 0 Å². The van der Waals surface area contributed by atoms with E-state index < -0.39 is 48.9 Å². The van der Waals surface area contributed by atoms with Crippen LogP contribution in [0, 0.1) is 12.8 Å². The molecule has 1 aliphatic heterocycles. The summed E-state index contributed by atoms with van der Waals surface area (Å²) in [5.41, 5.74) is -2.46. The largest absolute Gasteiger partial charge is 0.496 e. The lowest BCUT2D eigenvalue weighted by molar-refractivity contribution is 0.00578. The van der Waals surface area contributed by atoms with E-state index >= 15 is 0 Å². The van der Waals surface area contributed by atoms with Crippen LogP contribution >= 0.6 is 0 Å². The van der Waals surface area contributed by atoms with Crippen molar-refractivity contribution in [2.24, 2.45) is 0 Å². The van der Waals surface area contributed by atoms with Gasteiger partial charge in [0.25, 0.3) is 0 Å². The van der Waals surface area contributed by atoms with Crippen molar-refractivity contribution in [3.63, 3.8) is 0 Å². The minimum Gasteiger partial charge on any atom is -0.399 e. The molecule has 0 aromatic carbocycles. The molecule has 1 aromatic rings. The van der Waals surface area contributed by atoms with E-state index in [1.165, 1.54) is 0 Å². The number of rotatable bonds is 1. The molecule has 0 N–H and O–H groups in total. The number of nitrogens with zero attached hydrogens (tertiary/aromatic N) is 1. The van der Waals surface area contributed by atoms with Crippen molar-refractivity contribution in [3.05, 3.63) is 23.7 Å². The van der Waals surface area contributed by atoms with Gasteiger partial charge in [-0.15, -0.1) is 0 Å². The molecule has 0 bridgehead atoms. The average molecular weight is 242 g/mol. The molecule has 92 valence electrons. The van der Waals surface area contributed by atoms with Crippen LogP contribution in [0.25, 0.3) is 0 Å². The summed E-state index contributed by atoms with van der Waals surface area (Å²) in [5.74, 6) is -1.34. The standard InChI is InChI=1S/C12H17BFNO2/c1-8-6-9(7-15-10(8)14)13-16-11(2,3)12(4,5)17-13/h6-7H,1-5H3/i1D3,6D,7D. The van der Waals surface area contributed by atoms with Crippen molar-refractivity contribution >= 4 is 12.6 Å². The Hall–Kier alpha value is -0.935. The summed E-state index contributed by atoms with van der Waals surface area (Å²) in [4.78, 5) is 3.30. The van der Waals surface area contributed by atoms with Gasteiger partial charge >= 0.3 is 7.12 Å². The monoisotopic (exact) mass is 242 g/mol. The lowest BCUT2D eigenvalue weighted by Gasteiger charge is -2.32. The van der Waals surface area contributed by atoms with Gasteiger partial charge in [0.2, 0.25) is 5.95 Å². The summed E-state index contributed by atoms with van der Waals surface area (Å²) in [6.45, 7) is 4.27. The molecule has 1 aromatic heterocycles. The number of hydrogen-bond donors (Lipinski definition) is 0. The molecule has 5 heteroatoms. The maximum absolute atomic E-state index is 13.8. The minimum absolute atomic E-state index is 0.175. The molecular formula is C12H17BFNO2. The molecule has 17 heavy (non-hydrogen) atoms. The third-order valence-corrected chi connectivity index (χ3v) is 3.23. The van der Waals surface area contributed by atoms with Gasteiger partial charge in [0.1, 0.15) is 0 Å². The van der Waals surface area contributed by atoms with E-state index in [2.05, 4.69) is 4.98 Å². The SMILES string of the molecule is [2H]c1nc(F)c(C([2H])([2H])[2H])c([2H])c1B1OC(C)(C)C(C)(C)O1. The third-order valence-electron chi connectivity index (χ3n) is 3.23. The zero-order valence-corrected chi connectivity index (χ0v) is 10.2. The second-order valence-corrected chi connectivity index (χ2v) is 5.02. The van der Waals surface area contributed by atoms with E-state index in [1.807, 2.05) is 0 Å². The van der Waals surface area contributed by atoms with E-state index in [0.717, 1.165) is 0 Å². The van der Waals surface area contributed by atoms with Crippen LogP contribution in [0.2, 0.25) is 0 Å². The molecule has 1 aliphatic rings. The Balaban J connectivity index is 2.59. The zero-order valence-electron chi connectivity index (χ0n) is 15.2. The van der Waals surface area contributed by atoms with Crippen molar-refractivity contribution in [2.45, 2.75) is 45.7 Å². The summed E-state index contributed by atoms with van der Waals surface area (Å²) in [5, 5.41) is 0. The molecule has 0 saturated carbocycles. The molecule has 0 aliphatic carbocycles. The van der Waals surface area contributed by atoms with Crippen molar-refractivity contribution < 1.29 is 20.6 Å². The zero-order chi connectivity index (χ0) is 17.1. The van der Waals surface area contributed by atoms with Crippen molar-refractivity contribution in [1.82, 2.24) is 4.98 Å². The Labute approximate surface area is 109 Å². The van der Waals surface area contributed by atoms with Gasteiger partial charge in [-0.25, -0.2) is 4.98 Å². The maximum Gasteiger partial charge on any atom is 0.496 e. The van der Waals surface area contributed by atoms with Crippen LogP contribution in [-0.2, 0) is 9.31 Å². The molecule has 0 atom stereocenters. The second-order valence-electron chi connectivity index (χ2n) is 5.02. The highest BCUT2D eigenvalue weighted by atomic mass is 19.1. The van der Waals surface area contributed by atoms with E-state index in [9.17, 15) is 4.39 Å². The molecule has 1 fully saturated rings. The highest BCUT2D eigenvalue weighted by Crippen LogP contribution is 2.36. The van der Waals surface area contributed by atoms with Crippen LogP contribution in [-0.4, -0.2) is 23.3 Å². The first-order valence-electron chi connectivity index (χ1n) is 7.80. The Morgan fingerprint density at radius 3 is 2.47 bits per heavy atom. The van der Waals surface area contributed by atoms with E-state index in [4.69, 9.17) is 16.2 Å². The molecule has 0 unspecified atom stereocenters. The summed E-state index contributed by atoms with van der Waals surface area (Å²) in [6.07, 6.45) is -0.561.